The molecule has 0 radical (unpaired) electrons. The van der Waals surface area contributed by atoms with Crippen molar-refractivity contribution in [3.8, 4) is 11.5 Å². The van der Waals surface area contributed by atoms with Crippen molar-refractivity contribution < 1.29 is 23.8 Å². The molecule has 0 aliphatic carbocycles. The van der Waals surface area contributed by atoms with E-state index in [-0.39, 0.29) is 18.0 Å². The Morgan fingerprint density at radius 1 is 1.11 bits per heavy atom. The molecule has 0 saturated carbocycles. The highest BCUT2D eigenvalue weighted by Gasteiger charge is 2.30. The molecule has 2 aromatic carbocycles. The van der Waals surface area contributed by atoms with Gasteiger partial charge in [0.05, 0.1) is 32.1 Å². The first-order valence-corrected chi connectivity index (χ1v) is 11.8. The third kappa shape index (κ3) is 5.92. The van der Waals surface area contributed by atoms with E-state index in [4.69, 9.17) is 19.3 Å². The topological polar surface area (TPSA) is 101 Å². The summed E-state index contributed by atoms with van der Waals surface area (Å²) in [6.07, 6.45) is 1.33. The normalized spacial score (nSPS) is 14.9. The van der Waals surface area contributed by atoms with E-state index in [1.54, 1.807) is 33.4 Å². The highest BCUT2D eigenvalue weighted by atomic mass is 16.5. The second-order valence-electron chi connectivity index (χ2n) is 8.03. The van der Waals surface area contributed by atoms with Gasteiger partial charge in [0.25, 0.3) is 5.91 Å². The molecule has 2 aromatic rings. The standard InChI is InChI=1S/C26H34N4O5/c1-6-20-14-19-15-22(34-5)23(35-7-2)16-21(19)24(29-30(20)26(32)27-3)17-8-10-18(11-9-17)25(31)28-12-13-33-4/h8-11,15-16,20H,6-7,12-14H2,1-5H3,(H,27,32)(H,28,31). The molecule has 1 aliphatic heterocycles. The average molecular weight is 483 g/mol. The Hall–Kier alpha value is -3.59. The molecule has 0 spiro atoms. The largest absolute Gasteiger partial charge is 0.493 e. The number of amides is 3. The molecule has 0 aromatic heterocycles. The summed E-state index contributed by atoms with van der Waals surface area (Å²) in [6.45, 7) is 5.30. The molecule has 0 bridgehead atoms. The number of hydrogen-bond acceptors (Lipinski definition) is 6. The molecule has 3 rings (SSSR count). The van der Waals surface area contributed by atoms with Gasteiger partial charge in [-0.2, -0.15) is 5.10 Å². The summed E-state index contributed by atoms with van der Waals surface area (Å²) in [6, 6.07) is 10.6. The molecule has 1 heterocycles. The van der Waals surface area contributed by atoms with Crippen molar-refractivity contribution in [2.24, 2.45) is 5.10 Å². The fourth-order valence-electron chi connectivity index (χ4n) is 4.01. The minimum Gasteiger partial charge on any atom is -0.493 e. The number of ether oxygens (including phenoxy) is 3. The van der Waals surface area contributed by atoms with Crippen LogP contribution in [0.15, 0.2) is 41.5 Å². The molecule has 9 heteroatoms. The number of carbonyl (C=O) groups excluding carboxylic acids is 2. The van der Waals surface area contributed by atoms with Gasteiger partial charge in [0.2, 0.25) is 0 Å². The lowest BCUT2D eigenvalue weighted by Crippen LogP contribution is -2.42. The van der Waals surface area contributed by atoms with Crippen LogP contribution in [0.2, 0.25) is 0 Å². The fourth-order valence-corrected chi connectivity index (χ4v) is 4.01. The molecule has 3 amide bonds. The first-order valence-electron chi connectivity index (χ1n) is 11.8. The smallest absolute Gasteiger partial charge is 0.337 e. The molecule has 35 heavy (non-hydrogen) atoms. The SMILES string of the molecule is CCOc1cc2c(cc1OC)CC(CC)N(C(=O)NC)N=C2c1ccc(C(=O)NCCOC)cc1. The van der Waals surface area contributed by atoms with Gasteiger partial charge in [-0.1, -0.05) is 19.1 Å². The summed E-state index contributed by atoms with van der Waals surface area (Å²) in [4.78, 5) is 25.2. The van der Waals surface area contributed by atoms with Gasteiger partial charge in [-0.25, -0.2) is 9.80 Å². The summed E-state index contributed by atoms with van der Waals surface area (Å²) in [5, 5.41) is 11.8. The van der Waals surface area contributed by atoms with Crippen LogP contribution >= 0.6 is 0 Å². The minimum atomic E-state index is -0.284. The Morgan fingerprint density at radius 3 is 2.46 bits per heavy atom. The van der Waals surface area contributed by atoms with Gasteiger partial charge in [0.15, 0.2) is 11.5 Å². The molecule has 9 nitrogen and oxygen atoms in total. The van der Waals surface area contributed by atoms with E-state index < -0.39 is 0 Å². The summed E-state index contributed by atoms with van der Waals surface area (Å²) < 4.78 is 16.4. The Labute approximate surface area is 206 Å². The van der Waals surface area contributed by atoms with Crippen molar-refractivity contribution in [2.45, 2.75) is 32.7 Å². The van der Waals surface area contributed by atoms with Crippen LogP contribution in [0, 0.1) is 0 Å². The van der Waals surface area contributed by atoms with Gasteiger partial charge < -0.3 is 24.8 Å². The number of hydrogen-bond donors (Lipinski definition) is 2. The molecule has 2 N–H and O–H groups in total. The van der Waals surface area contributed by atoms with Crippen molar-refractivity contribution in [1.82, 2.24) is 15.6 Å². The lowest BCUT2D eigenvalue weighted by molar-refractivity contribution is 0.0937. The van der Waals surface area contributed by atoms with E-state index in [2.05, 4.69) is 10.6 Å². The van der Waals surface area contributed by atoms with Crippen LogP contribution in [0.5, 0.6) is 11.5 Å². The van der Waals surface area contributed by atoms with Crippen LogP contribution < -0.4 is 20.1 Å². The number of nitrogens with one attached hydrogen (secondary N) is 2. The summed E-state index contributed by atoms with van der Waals surface area (Å²) in [7, 11) is 4.79. The number of hydrazone groups is 1. The molecule has 1 atom stereocenters. The Morgan fingerprint density at radius 2 is 1.86 bits per heavy atom. The summed E-state index contributed by atoms with van der Waals surface area (Å²) in [5.41, 5.74) is 3.78. The van der Waals surface area contributed by atoms with Crippen molar-refractivity contribution in [1.29, 1.82) is 0 Å². The third-order valence-corrected chi connectivity index (χ3v) is 5.86. The van der Waals surface area contributed by atoms with Gasteiger partial charge in [0, 0.05) is 37.4 Å². The predicted octanol–water partition coefficient (Wildman–Crippen LogP) is 3.20. The van der Waals surface area contributed by atoms with E-state index >= 15 is 0 Å². The van der Waals surface area contributed by atoms with Crippen LogP contribution in [0.4, 0.5) is 4.79 Å². The zero-order chi connectivity index (χ0) is 25.4. The maximum atomic E-state index is 12.8. The Balaban J connectivity index is 2.10. The first kappa shape index (κ1) is 26.0. The van der Waals surface area contributed by atoms with E-state index in [0.717, 1.165) is 23.1 Å². The van der Waals surface area contributed by atoms with Gasteiger partial charge in [-0.05, 0) is 49.6 Å². The fraction of sp³-hybridized carbons (Fsp3) is 0.423. The van der Waals surface area contributed by atoms with E-state index in [9.17, 15) is 9.59 Å². The van der Waals surface area contributed by atoms with Crippen molar-refractivity contribution in [3.05, 3.63) is 58.7 Å². The molecule has 1 unspecified atom stereocenters. The van der Waals surface area contributed by atoms with Crippen molar-refractivity contribution in [2.75, 3.05) is 41.0 Å². The van der Waals surface area contributed by atoms with Gasteiger partial charge in [0.1, 0.15) is 0 Å². The summed E-state index contributed by atoms with van der Waals surface area (Å²) in [5.74, 6) is 1.06. The lowest BCUT2D eigenvalue weighted by atomic mass is 9.93. The molecular formula is C26H34N4O5. The van der Waals surface area contributed by atoms with Crippen LogP contribution in [0.3, 0.4) is 0 Å². The van der Waals surface area contributed by atoms with Crippen LogP contribution in [0.1, 0.15) is 47.3 Å². The zero-order valence-corrected chi connectivity index (χ0v) is 21.0. The molecule has 0 fully saturated rings. The molecular weight excluding hydrogens is 448 g/mol. The number of fused-ring (bicyclic) bond motifs is 1. The van der Waals surface area contributed by atoms with E-state index in [1.807, 2.05) is 38.1 Å². The van der Waals surface area contributed by atoms with E-state index in [1.165, 1.54) is 5.01 Å². The molecule has 1 aliphatic rings. The Bertz CT molecular complexity index is 1070. The van der Waals surface area contributed by atoms with Gasteiger partial charge >= 0.3 is 6.03 Å². The van der Waals surface area contributed by atoms with Crippen LogP contribution in [-0.4, -0.2) is 69.7 Å². The average Bonchev–Trinajstić information content (AvgIpc) is 3.04. The molecule has 0 saturated heterocycles. The lowest BCUT2D eigenvalue weighted by Gasteiger charge is -2.25. The van der Waals surface area contributed by atoms with Crippen molar-refractivity contribution in [3.63, 3.8) is 0 Å². The number of methoxy groups -OCH3 is 2. The van der Waals surface area contributed by atoms with Crippen LogP contribution in [-0.2, 0) is 11.2 Å². The maximum absolute atomic E-state index is 12.8. The quantitative estimate of drug-likeness (QED) is 0.535. The van der Waals surface area contributed by atoms with Crippen LogP contribution in [0.25, 0.3) is 0 Å². The number of nitrogens with zero attached hydrogens (tertiary/aromatic N) is 2. The third-order valence-electron chi connectivity index (χ3n) is 5.86. The zero-order valence-electron chi connectivity index (χ0n) is 21.0. The maximum Gasteiger partial charge on any atom is 0.337 e. The highest BCUT2D eigenvalue weighted by Crippen LogP contribution is 2.35. The molecule has 188 valence electrons. The van der Waals surface area contributed by atoms with Gasteiger partial charge in [-0.15, -0.1) is 0 Å². The number of benzene rings is 2. The monoisotopic (exact) mass is 482 g/mol. The summed E-state index contributed by atoms with van der Waals surface area (Å²) >= 11 is 0. The first-order chi connectivity index (χ1) is 17.0. The van der Waals surface area contributed by atoms with Crippen molar-refractivity contribution >= 4 is 17.6 Å². The number of urea groups is 1. The highest BCUT2D eigenvalue weighted by molar-refractivity contribution is 6.15. The van der Waals surface area contributed by atoms with Gasteiger partial charge in [-0.3, -0.25) is 4.79 Å². The Kier molecular flexibility index (Phi) is 9.08. The number of carbonyl (C=O) groups is 2. The second kappa shape index (κ2) is 12.2. The minimum absolute atomic E-state index is 0.139. The predicted molar refractivity (Wildman–Crippen MR) is 135 cm³/mol. The number of rotatable bonds is 9. The second-order valence-corrected chi connectivity index (χ2v) is 8.03. The van der Waals surface area contributed by atoms with E-state index in [0.29, 0.717) is 49.0 Å².